The summed E-state index contributed by atoms with van der Waals surface area (Å²) in [6.07, 6.45) is -16.7. The van der Waals surface area contributed by atoms with Gasteiger partial charge < -0.3 is 151 Å². The van der Waals surface area contributed by atoms with Crippen LogP contribution in [0.5, 0.6) is 0 Å². The van der Waals surface area contributed by atoms with E-state index < -0.39 is 218 Å². The molecule has 0 bridgehead atoms. The van der Waals surface area contributed by atoms with Crippen LogP contribution < -0.4 is 0 Å². The summed E-state index contributed by atoms with van der Waals surface area (Å²) in [4.78, 5) is 63.2. The maximum absolute atomic E-state index is 10.5. The van der Waals surface area contributed by atoms with Crippen molar-refractivity contribution in [2.45, 2.75) is 73.2 Å². The van der Waals surface area contributed by atoms with Crippen LogP contribution in [0, 0.1) is 0 Å². The first-order valence-electron chi connectivity index (χ1n) is 19.2. The summed E-state index contributed by atoms with van der Waals surface area (Å²) < 4.78 is 25.9. The topological polar surface area (TPSA) is 643 Å². The van der Waals surface area contributed by atoms with Gasteiger partial charge in [-0.1, -0.05) is 0 Å². The molecule has 74 heavy (non-hydrogen) atoms. The molecule has 0 aliphatic carbocycles. The van der Waals surface area contributed by atoms with E-state index in [-0.39, 0.29) is 37.2 Å². The minimum atomic E-state index is -1.42. The Bertz CT molecular complexity index is 1800. The zero-order valence-corrected chi connectivity index (χ0v) is 39.5. The summed E-state index contributed by atoms with van der Waals surface area (Å²) in [5, 5.41) is 210. The zero-order chi connectivity index (χ0) is 55.8. The third kappa shape index (κ3) is 17.3. The molecule has 38 heteroatoms. The maximum Gasteiger partial charge on any atom is 0.377 e. The molecule has 0 saturated heterocycles. The molecule has 0 spiro atoms. The van der Waals surface area contributed by atoms with Gasteiger partial charge in [-0.3, -0.25) is 0 Å². The molecule has 6 heterocycles. The van der Waals surface area contributed by atoms with Crippen molar-refractivity contribution < 1.29 is 217 Å². The fourth-order valence-electron chi connectivity index (χ4n) is 4.94. The molecule has 1 radical (unpaired) electrons. The average molecular weight is 1210 g/mol. The summed E-state index contributed by atoms with van der Waals surface area (Å²) in [6.45, 7) is -4.03. The van der Waals surface area contributed by atoms with Gasteiger partial charge in [0.2, 0.25) is 34.6 Å². The second-order valence-corrected chi connectivity index (χ2v) is 13.9. The second kappa shape index (κ2) is 31.3. The van der Waals surface area contributed by atoms with Crippen LogP contribution >= 0.6 is 0 Å². The fraction of sp³-hybridized carbons (Fsp3) is 0.500. The molecule has 0 aromatic rings. The number of cyclic esters (lactones) is 6. The Morgan fingerprint density at radius 2 is 0.365 bits per heavy atom. The van der Waals surface area contributed by atoms with Crippen molar-refractivity contribution >= 4 is 35.8 Å². The van der Waals surface area contributed by atoms with Crippen molar-refractivity contribution in [3.8, 4) is 0 Å². The number of esters is 6. The van der Waals surface area contributed by atoms with E-state index >= 15 is 0 Å². The average Bonchev–Trinajstić information content (AvgIpc) is 4.13. The van der Waals surface area contributed by atoms with E-state index in [1.165, 1.54) is 0 Å². The van der Waals surface area contributed by atoms with E-state index in [2.05, 4.69) is 28.4 Å². The van der Waals surface area contributed by atoms with Crippen LogP contribution in [-0.4, -0.2) is 271 Å². The van der Waals surface area contributed by atoms with Crippen molar-refractivity contribution in [1.29, 1.82) is 0 Å². The molecule has 423 valence electrons. The van der Waals surface area contributed by atoms with E-state index in [0.29, 0.717) is 0 Å². The maximum atomic E-state index is 10.5. The summed E-state index contributed by atoms with van der Waals surface area (Å²) in [6, 6.07) is 0. The van der Waals surface area contributed by atoms with E-state index in [4.69, 9.17) is 123 Å². The van der Waals surface area contributed by atoms with Crippen LogP contribution in [-0.2, 0) is 94.4 Å². The first-order valence-corrected chi connectivity index (χ1v) is 19.2. The molecule has 12 atom stereocenters. The van der Waals surface area contributed by atoms with Gasteiger partial charge in [0.25, 0.3) is 0 Å². The van der Waals surface area contributed by atoms with E-state index in [1.54, 1.807) is 0 Å². The quantitative estimate of drug-likeness (QED) is 0.0490. The molecule has 6 aliphatic rings. The Balaban J connectivity index is 0. The summed E-state index contributed by atoms with van der Waals surface area (Å²) >= 11 is 0. The fourth-order valence-corrected chi connectivity index (χ4v) is 4.94. The SMILES string of the molecule is O=C1O[C@H]([C@@H](O)CO)C(O)=C1O.O=C1O[C@H]([C@@H](O)CO)C(O)=C1O.O=C1O[C@H]([C@@H](O)CO)C(O)=C1O.O=C1O[C@H]([C@@H](O)CO)C(O)=C1O.O=C1O[C@H]([C@@H](O)CO)C(O)=C1O.O=C1O[C@H]([C@@H](O)CO)C(O)=C1O.[Fe].[Tc]. The molecule has 0 aromatic heterocycles. The monoisotopic (exact) mass is 1210 g/mol. The minimum Gasteiger partial charge on any atom is -0.505 e. The number of ether oxygens (including phenoxy) is 6. The molecule has 24 N–H and O–H groups in total. The van der Waals surface area contributed by atoms with Gasteiger partial charge in [0, 0.05) is 37.2 Å². The summed E-state index contributed by atoms with van der Waals surface area (Å²) in [7, 11) is 0. The largest absolute Gasteiger partial charge is 0.505 e. The van der Waals surface area contributed by atoms with E-state index in [1.807, 2.05) is 0 Å². The van der Waals surface area contributed by atoms with Crippen molar-refractivity contribution in [2.24, 2.45) is 0 Å². The number of hydrogen-bond acceptors (Lipinski definition) is 36. The van der Waals surface area contributed by atoms with E-state index in [9.17, 15) is 28.8 Å². The van der Waals surface area contributed by atoms with Crippen molar-refractivity contribution in [3.63, 3.8) is 0 Å². The van der Waals surface area contributed by atoms with Crippen LogP contribution in [0.2, 0.25) is 0 Å². The molecule has 6 aliphatic heterocycles. The van der Waals surface area contributed by atoms with Gasteiger partial charge in [-0.15, -0.1) is 0 Å². The molecular formula is C36H48FeO36Tc. The van der Waals surface area contributed by atoms with Gasteiger partial charge in [0.05, 0.1) is 39.6 Å². The van der Waals surface area contributed by atoms with Gasteiger partial charge in [-0.2, -0.15) is 0 Å². The Hall–Kier alpha value is -6.45. The van der Waals surface area contributed by atoms with Crippen LogP contribution in [0.3, 0.4) is 0 Å². The number of aliphatic hydroxyl groups is 24. The molecule has 0 saturated carbocycles. The predicted molar refractivity (Wildman–Crippen MR) is 212 cm³/mol. The van der Waals surface area contributed by atoms with Crippen LogP contribution in [0.15, 0.2) is 69.1 Å². The van der Waals surface area contributed by atoms with E-state index in [0.717, 1.165) is 0 Å². The third-order valence-corrected chi connectivity index (χ3v) is 8.86. The first kappa shape index (κ1) is 69.6. The second-order valence-electron chi connectivity index (χ2n) is 13.9. The Morgan fingerprint density at radius 1 is 0.270 bits per heavy atom. The molecular weight excluding hydrogens is 1160 g/mol. The number of carbonyl (C=O) groups excluding carboxylic acids is 6. The predicted octanol–water partition coefficient (Wildman–Crippen LogP) is -8.45. The number of rotatable bonds is 12. The van der Waals surface area contributed by atoms with Crippen LogP contribution in [0.4, 0.5) is 0 Å². The van der Waals surface area contributed by atoms with Gasteiger partial charge in [-0.25, -0.2) is 28.8 Å². The number of hydrogen-bond donors (Lipinski definition) is 24. The normalized spacial score (nSPS) is 25.1. The molecule has 0 amide bonds. The standard InChI is InChI=1S/6C6H8O6.Fe.Tc/c6*7-1-2(8)5-3(9)4(10)6(11)12-5;;/h6*2,5,7-10H,1H2;;/t6*2-,5+;;/m000000../s1. The molecule has 36 nitrogen and oxygen atoms in total. The van der Waals surface area contributed by atoms with Crippen LogP contribution in [0.1, 0.15) is 0 Å². The van der Waals surface area contributed by atoms with Gasteiger partial charge in [0.1, 0.15) is 36.6 Å². The zero-order valence-electron chi connectivity index (χ0n) is 36.5. The van der Waals surface area contributed by atoms with Gasteiger partial charge in [0.15, 0.2) is 71.2 Å². The third-order valence-electron chi connectivity index (χ3n) is 8.86. The van der Waals surface area contributed by atoms with Crippen molar-refractivity contribution in [3.05, 3.63) is 69.1 Å². The molecule has 0 unspecified atom stereocenters. The molecule has 6 rings (SSSR count). The van der Waals surface area contributed by atoms with Crippen LogP contribution in [0.25, 0.3) is 0 Å². The Morgan fingerprint density at radius 3 is 0.419 bits per heavy atom. The first-order chi connectivity index (χ1) is 33.4. The molecule has 0 fully saturated rings. The number of aliphatic hydroxyl groups excluding tert-OH is 24. The smallest absolute Gasteiger partial charge is 0.377 e. The van der Waals surface area contributed by atoms with Gasteiger partial charge in [-0.05, 0) is 0 Å². The Labute approximate surface area is 433 Å². The summed E-state index contributed by atoms with van der Waals surface area (Å²) in [5.41, 5.74) is 0. The van der Waals surface area contributed by atoms with Crippen molar-refractivity contribution in [1.82, 2.24) is 0 Å². The van der Waals surface area contributed by atoms with Gasteiger partial charge >= 0.3 is 35.8 Å². The molecule has 0 aromatic carbocycles. The van der Waals surface area contributed by atoms with Crippen molar-refractivity contribution in [2.75, 3.05) is 39.6 Å². The summed E-state index contributed by atoms with van der Waals surface area (Å²) in [5.74, 6) is -16.7. The number of carbonyl (C=O) groups is 6. The minimum absolute atomic E-state index is 0. The Kier molecular flexibility index (Phi) is 29.5.